The Morgan fingerprint density at radius 1 is 1.29 bits per heavy atom. The van der Waals surface area contributed by atoms with E-state index in [9.17, 15) is 9.59 Å². The number of hydrogen-bond donors (Lipinski definition) is 1. The molecule has 1 N–H and O–H groups in total. The Bertz CT molecular complexity index is 971. The maximum absolute atomic E-state index is 12.3. The number of thioether (sulfide) groups is 1. The van der Waals surface area contributed by atoms with Crippen LogP contribution in [0.25, 0.3) is 0 Å². The zero-order chi connectivity index (χ0) is 19.9. The number of amides is 1. The predicted octanol–water partition coefficient (Wildman–Crippen LogP) is 5.51. The molecule has 2 aromatic heterocycles. The molecule has 2 heterocycles. The molecule has 0 unspecified atom stereocenters. The summed E-state index contributed by atoms with van der Waals surface area (Å²) in [5.41, 5.74) is 2.19. The molecule has 3 rings (SSSR count). The third-order valence-electron chi connectivity index (χ3n) is 3.54. The van der Waals surface area contributed by atoms with Gasteiger partial charge in [-0.05, 0) is 36.1 Å². The normalized spacial score (nSPS) is 10.6. The lowest BCUT2D eigenvalue weighted by atomic mass is 10.2. The molecule has 0 radical (unpaired) electrons. The van der Waals surface area contributed by atoms with Crippen molar-refractivity contribution in [3.63, 3.8) is 0 Å². The first-order chi connectivity index (χ1) is 13.5. The molecular formula is C19H17ClN2O3S3. The van der Waals surface area contributed by atoms with Crippen LogP contribution in [0.2, 0.25) is 5.02 Å². The van der Waals surface area contributed by atoms with Crippen LogP contribution in [0.5, 0.6) is 0 Å². The molecule has 0 saturated heterocycles. The Balaban J connectivity index is 1.54. The van der Waals surface area contributed by atoms with Crippen molar-refractivity contribution in [2.45, 2.75) is 23.4 Å². The highest BCUT2D eigenvalue weighted by atomic mass is 35.5. The van der Waals surface area contributed by atoms with Crippen molar-refractivity contribution in [3.8, 4) is 0 Å². The summed E-state index contributed by atoms with van der Waals surface area (Å²) in [6.07, 6.45) is 0.147. The van der Waals surface area contributed by atoms with Crippen molar-refractivity contribution >= 4 is 62.9 Å². The van der Waals surface area contributed by atoms with Gasteiger partial charge in [0.15, 0.2) is 0 Å². The first kappa shape index (κ1) is 20.9. The zero-order valence-corrected chi connectivity index (χ0v) is 18.1. The number of carbonyl (C=O) groups excluding carboxylic acids is 2. The first-order valence-electron chi connectivity index (χ1n) is 8.41. The number of anilines is 1. The molecule has 0 saturated carbocycles. The van der Waals surface area contributed by atoms with E-state index in [1.807, 2.05) is 29.6 Å². The summed E-state index contributed by atoms with van der Waals surface area (Å²) in [5, 5.41) is 7.60. The number of thiazole rings is 1. The molecule has 9 heteroatoms. The van der Waals surface area contributed by atoms with Gasteiger partial charge in [-0.1, -0.05) is 35.5 Å². The summed E-state index contributed by atoms with van der Waals surface area (Å²) in [6, 6.07) is 9.36. The average Bonchev–Trinajstić information content (AvgIpc) is 3.29. The first-order valence-corrected chi connectivity index (χ1v) is 11.5. The Hall–Kier alpha value is -1.87. The van der Waals surface area contributed by atoms with Crippen LogP contribution in [0.4, 0.5) is 5.00 Å². The predicted molar refractivity (Wildman–Crippen MR) is 116 cm³/mol. The molecule has 3 aromatic rings. The summed E-state index contributed by atoms with van der Waals surface area (Å²) in [7, 11) is 0. The van der Waals surface area contributed by atoms with E-state index in [0.717, 1.165) is 15.7 Å². The molecule has 28 heavy (non-hydrogen) atoms. The molecular weight excluding hydrogens is 436 g/mol. The highest BCUT2D eigenvalue weighted by Gasteiger charge is 2.17. The fraction of sp³-hybridized carbons (Fsp3) is 0.211. The quantitative estimate of drug-likeness (QED) is 0.360. The maximum Gasteiger partial charge on any atom is 0.341 e. The number of carbonyl (C=O) groups is 2. The van der Waals surface area contributed by atoms with Gasteiger partial charge in [0.25, 0.3) is 0 Å². The smallest absolute Gasteiger partial charge is 0.341 e. The third-order valence-corrected chi connectivity index (χ3v) is 6.74. The van der Waals surface area contributed by atoms with E-state index < -0.39 is 5.97 Å². The minimum Gasteiger partial charge on any atom is -0.462 e. The largest absolute Gasteiger partial charge is 0.462 e. The fourth-order valence-corrected chi connectivity index (χ4v) is 5.11. The molecule has 146 valence electrons. The number of nitrogens with zero attached hydrogens (tertiary/aromatic N) is 1. The lowest BCUT2D eigenvalue weighted by molar-refractivity contribution is -0.115. The Kier molecular flexibility index (Phi) is 7.50. The van der Waals surface area contributed by atoms with Crippen molar-refractivity contribution in [1.29, 1.82) is 0 Å². The van der Waals surface area contributed by atoms with Crippen LogP contribution in [0.1, 0.15) is 28.5 Å². The fourth-order valence-electron chi connectivity index (χ4n) is 2.32. The van der Waals surface area contributed by atoms with Crippen LogP contribution in [-0.2, 0) is 21.7 Å². The van der Waals surface area contributed by atoms with Crippen LogP contribution in [0.3, 0.4) is 0 Å². The van der Waals surface area contributed by atoms with E-state index in [4.69, 9.17) is 16.3 Å². The number of ether oxygens (including phenoxy) is 1. The zero-order valence-electron chi connectivity index (χ0n) is 14.9. The number of nitrogens with one attached hydrogen (secondary N) is 1. The van der Waals surface area contributed by atoms with Gasteiger partial charge in [-0.2, -0.15) is 0 Å². The number of benzene rings is 1. The van der Waals surface area contributed by atoms with Gasteiger partial charge in [-0.25, -0.2) is 9.78 Å². The number of esters is 1. The van der Waals surface area contributed by atoms with Gasteiger partial charge in [0.2, 0.25) is 5.91 Å². The van der Waals surface area contributed by atoms with Crippen LogP contribution in [0.15, 0.2) is 45.4 Å². The molecule has 0 spiro atoms. The van der Waals surface area contributed by atoms with E-state index in [1.54, 1.807) is 30.1 Å². The second kappa shape index (κ2) is 10.1. The van der Waals surface area contributed by atoms with Crippen LogP contribution >= 0.6 is 46.0 Å². The van der Waals surface area contributed by atoms with E-state index in [2.05, 4.69) is 10.3 Å². The SMILES string of the molecule is CCOC(=O)c1ccsc1NC(=O)Cc1csc(SCc2cccc(Cl)c2)n1. The van der Waals surface area contributed by atoms with Gasteiger partial charge >= 0.3 is 5.97 Å². The Morgan fingerprint density at radius 2 is 2.14 bits per heavy atom. The Morgan fingerprint density at radius 3 is 2.93 bits per heavy atom. The highest BCUT2D eigenvalue weighted by Crippen LogP contribution is 2.28. The van der Waals surface area contributed by atoms with Crippen LogP contribution in [0, 0.1) is 0 Å². The molecule has 0 atom stereocenters. The van der Waals surface area contributed by atoms with Gasteiger partial charge in [-0.3, -0.25) is 4.79 Å². The molecule has 0 aliphatic heterocycles. The van der Waals surface area contributed by atoms with E-state index >= 15 is 0 Å². The van der Waals surface area contributed by atoms with Gasteiger partial charge in [0.1, 0.15) is 9.34 Å². The van der Waals surface area contributed by atoms with Crippen LogP contribution < -0.4 is 5.32 Å². The molecule has 0 aliphatic rings. The minimum absolute atomic E-state index is 0.147. The van der Waals surface area contributed by atoms with E-state index in [1.165, 1.54) is 22.7 Å². The second-order valence-corrected chi connectivity index (χ2v) is 9.07. The van der Waals surface area contributed by atoms with Crippen molar-refractivity contribution < 1.29 is 14.3 Å². The lowest BCUT2D eigenvalue weighted by Gasteiger charge is -2.05. The third kappa shape index (κ3) is 5.81. The van der Waals surface area contributed by atoms with Crippen molar-refractivity contribution in [3.05, 3.63) is 62.9 Å². The topological polar surface area (TPSA) is 68.3 Å². The number of hydrogen-bond acceptors (Lipinski definition) is 7. The van der Waals surface area contributed by atoms with Crippen LogP contribution in [-0.4, -0.2) is 23.5 Å². The van der Waals surface area contributed by atoms with Gasteiger partial charge in [-0.15, -0.1) is 22.7 Å². The summed E-state index contributed by atoms with van der Waals surface area (Å²) in [4.78, 5) is 28.7. The number of thiophene rings is 1. The molecule has 1 amide bonds. The highest BCUT2D eigenvalue weighted by molar-refractivity contribution is 8.00. The maximum atomic E-state index is 12.3. The molecule has 5 nitrogen and oxygen atoms in total. The number of aromatic nitrogens is 1. The second-order valence-electron chi connectivity index (χ2n) is 5.63. The van der Waals surface area contributed by atoms with Crippen molar-refractivity contribution in [2.75, 3.05) is 11.9 Å². The summed E-state index contributed by atoms with van der Waals surface area (Å²) in [6.45, 7) is 2.03. The van der Waals surface area contributed by atoms with Gasteiger partial charge in [0.05, 0.1) is 24.3 Å². The minimum atomic E-state index is -0.438. The van der Waals surface area contributed by atoms with E-state index in [-0.39, 0.29) is 18.9 Å². The standard InChI is InChI=1S/C19H17ClN2O3S3/c1-2-25-18(24)15-6-7-26-17(15)22-16(23)9-14-11-28-19(21-14)27-10-12-4-3-5-13(20)8-12/h3-8,11H,2,9-10H2,1H3,(H,22,23). The van der Waals surface area contributed by atoms with Gasteiger partial charge in [0, 0.05) is 16.2 Å². The van der Waals surface area contributed by atoms with Crippen molar-refractivity contribution in [1.82, 2.24) is 4.98 Å². The summed E-state index contributed by atoms with van der Waals surface area (Å²) < 4.78 is 5.89. The van der Waals surface area contributed by atoms with E-state index in [0.29, 0.717) is 21.3 Å². The van der Waals surface area contributed by atoms with Gasteiger partial charge < -0.3 is 10.1 Å². The summed E-state index contributed by atoms with van der Waals surface area (Å²) in [5.74, 6) is 0.106. The molecule has 0 fully saturated rings. The number of rotatable bonds is 8. The van der Waals surface area contributed by atoms with Crippen molar-refractivity contribution in [2.24, 2.45) is 0 Å². The monoisotopic (exact) mass is 452 g/mol. The lowest BCUT2D eigenvalue weighted by Crippen LogP contribution is -2.16. The molecule has 0 bridgehead atoms. The average molecular weight is 453 g/mol. The molecule has 1 aromatic carbocycles. The molecule has 0 aliphatic carbocycles. The Labute approximate surface area is 180 Å². The number of halogens is 1. The summed E-state index contributed by atoms with van der Waals surface area (Å²) >= 11 is 10.4.